The molecule has 1 fully saturated rings. The molecule has 1 saturated carbocycles. The number of hydrogen-bond donors (Lipinski definition) is 1. The Morgan fingerprint density at radius 1 is 1.24 bits per heavy atom. The first-order chi connectivity index (χ1) is 14.0. The Kier molecular flexibility index (Phi) is 5.50. The lowest BCUT2D eigenvalue weighted by Gasteiger charge is -2.10. The van der Waals surface area contributed by atoms with Crippen molar-refractivity contribution in [2.24, 2.45) is 0 Å². The van der Waals surface area contributed by atoms with Crippen molar-refractivity contribution >= 4 is 40.6 Å². The molecule has 1 aliphatic rings. The highest BCUT2D eigenvalue weighted by atomic mass is 35.5. The molecule has 3 aromatic rings. The average Bonchev–Trinajstić information content (AvgIpc) is 3.48. The van der Waals surface area contributed by atoms with E-state index in [0.29, 0.717) is 11.1 Å². The molecule has 1 aliphatic carbocycles. The molecule has 0 atom stereocenters. The van der Waals surface area contributed by atoms with Gasteiger partial charge in [-0.1, -0.05) is 41.6 Å². The highest BCUT2D eigenvalue weighted by molar-refractivity contribution is 7.99. The molecule has 0 spiro atoms. The smallest absolute Gasteiger partial charge is 0.271 e. The number of carbonyl (C=O) groups is 1. The Bertz CT molecular complexity index is 1070. The van der Waals surface area contributed by atoms with Gasteiger partial charge < -0.3 is 5.32 Å². The molecule has 1 aromatic heterocycles. The SMILES string of the molecule is O=C(CSc1nnc(C2CC2)n1-c1ccccc1)Nc1cc([N+](=O)[O-])ccc1Cl. The Balaban J connectivity index is 1.49. The largest absolute Gasteiger partial charge is 0.324 e. The summed E-state index contributed by atoms with van der Waals surface area (Å²) in [5.41, 5.74) is 1.01. The van der Waals surface area contributed by atoms with E-state index in [1.807, 2.05) is 34.9 Å². The van der Waals surface area contributed by atoms with Gasteiger partial charge in [-0.25, -0.2) is 0 Å². The topological polar surface area (TPSA) is 103 Å². The number of amides is 1. The number of nitro benzene ring substituents is 1. The first kappa shape index (κ1) is 19.4. The van der Waals surface area contributed by atoms with Gasteiger partial charge in [0.1, 0.15) is 5.82 Å². The maximum absolute atomic E-state index is 12.4. The van der Waals surface area contributed by atoms with Crippen LogP contribution in [0.1, 0.15) is 24.6 Å². The first-order valence-corrected chi connectivity index (χ1v) is 10.3. The number of nitrogens with one attached hydrogen (secondary N) is 1. The van der Waals surface area contributed by atoms with Crippen LogP contribution in [-0.2, 0) is 4.79 Å². The van der Waals surface area contributed by atoms with Crippen molar-refractivity contribution in [3.05, 3.63) is 69.5 Å². The highest BCUT2D eigenvalue weighted by Gasteiger charge is 2.31. The monoisotopic (exact) mass is 429 g/mol. The van der Waals surface area contributed by atoms with Crippen molar-refractivity contribution in [1.29, 1.82) is 0 Å². The molecule has 1 heterocycles. The van der Waals surface area contributed by atoms with E-state index in [0.717, 1.165) is 24.4 Å². The standard InChI is InChI=1S/C19H16ClN5O3S/c20-15-9-8-14(25(27)28)10-16(15)21-17(26)11-29-19-23-22-18(12-6-7-12)24(19)13-4-2-1-3-5-13/h1-5,8-10,12H,6-7,11H2,(H,21,26). The minimum absolute atomic E-state index is 0.0641. The maximum Gasteiger partial charge on any atom is 0.271 e. The van der Waals surface area contributed by atoms with E-state index < -0.39 is 4.92 Å². The lowest BCUT2D eigenvalue weighted by Crippen LogP contribution is -2.15. The lowest BCUT2D eigenvalue weighted by atomic mass is 10.3. The van der Waals surface area contributed by atoms with Gasteiger partial charge in [0.05, 0.1) is 21.4 Å². The maximum atomic E-state index is 12.4. The zero-order valence-corrected chi connectivity index (χ0v) is 16.7. The number of benzene rings is 2. The summed E-state index contributed by atoms with van der Waals surface area (Å²) in [6.45, 7) is 0. The number of carbonyl (C=O) groups excluding carboxylic acids is 1. The average molecular weight is 430 g/mol. The normalized spacial score (nSPS) is 13.3. The molecular weight excluding hydrogens is 414 g/mol. The van der Waals surface area contributed by atoms with Crippen molar-refractivity contribution in [2.45, 2.75) is 23.9 Å². The molecule has 0 saturated heterocycles. The Labute approximate surface area is 175 Å². The summed E-state index contributed by atoms with van der Waals surface area (Å²) in [6.07, 6.45) is 2.17. The zero-order valence-electron chi connectivity index (χ0n) is 15.1. The fraction of sp³-hybridized carbons (Fsp3) is 0.211. The molecule has 29 heavy (non-hydrogen) atoms. The van der Waals surface area contributed by atoms with Crippen LogP contribution in [0.2, 0.25) is 5.02 Å². The molecule has 0 radical (unpaired) electrons. The lowest BCUT2D eigenvalue weighted by molar-refractivity contribution is -0.384. The van der Waals surface area contributed by atoms with E-state index in [1.54, 1.807) is 0 Å². The number of nitrogens with zero attached hydrogens (tertiary/aromatic N) is 4. The fourth-order valence-electron chi connectivity index (χ4n) is 2.84. The third kappa shape index (κ3) is 4.41. The summed E-state index contributed by atoms with van der Waals surface area (Å²) in [4.78, 5) is 22.8. The van der Waals surface area contributed by atoms with Crippen LogP contribution in [0.3, 0.4) is 0 Å². The molecule has 8 nitrogen and oxygen atoms in total. The predicted octanol–water partition coefficient (Wildman–Crippen LogP) is 4.44. The highest BCUT2D eigenvalue weighted by Crippen LogP contribution is 2.41. The minimum Gasteiger partial charge on any atom is -0.324 e. The molecule has 1 N–H and O–H groups in total. The zero-order chi connectivity index (χ0) is 20.4. The number of thioether (sulfide) groups is 1. The van der Waals surface area contributed by atoms with Crippen LogP contribution in [0.5, 0.6) is 0 Å². The van der Waals surface area contributed by atoms with Gasteiger partial charge in [-0.15, -0.1) is 10.2 Å². The quantitative estimate of drug-likeness (QED) is 0.338. The molecule has 10 heteroatoms. The summed E-state index contributed by atoms with van der Waals surface area (Å²) < 4.78 is 1.98. The summed E-state index contributed by atoms with van der Waals surface area (Å²) >= 11 is 7.29. The second kappa shape index (κ2) is 8.22. The number of rotatable bonds is 7. The fourth-order valence-corrected chi connectivity index (χ4v) is 3.76. The summed E-state index contributed by atoms with van der Waals surface area (Å²) in [6, 6.07) is 13.7. The van der Waals surface area contributed by atoms with Gasteiger partial charge in [0.25, 0.3) is 5.69 Å². The second-order valence-electron chi connectivity index (χ2n) is 6.54. The van der Waals surface area contributed by atoms with E-state index in [-0.39, 0.29) is 28.1 Å². The number of para-hydroxylation sites is 1. The Hall–Kier alpha value is -2.91. The number of anilines is 1. The van der Waals surface area contributed by atoms with E-state index in [4.69, 9.17) is 11.6 Å². The van der Waals surface area contributed by atoms with E-state index in [2.05, 4.69) is 15.5 Å². The summed E-state index contributed by atoms with van der Waals surface area (Å²) in [7, 11) is 0. The van der Waals surface area contributed by atoms with Crippen molar-refractivity contribution in [3.8, 4) is 5.69 Å². The van der Waals surface area contributed by atoms with Crippen molar-refractivity contribution in [1.82, 2.24) is 14.8 Å². The molecule has 0 aliphatic heterocycles. The second-order valence-corrected chi connectivity index (χ2v) is 7.89. The van der Waals surface area contributed by atoms with Crippen molar-refractivity contribution in [3.63, 3.8) is 0 Å². The first-order valence-electron chi connectivity index (χ1n) is 8.90. The van der Waals surface area contributed by atoms with Crippen molar-refractivity contribution < 1.29 is 9.72 Å². The van der Waals surface area contributed by atoms with Gasteiger partial charge in [0.15, 0.2) is 5.16 Å². The number of non-ortho nitro benzene ring substituents is 1. The minimum atomic E-state index is -0.539. The van der Waals surface area contributed by atoms with Crippen LogP contribution < -0.4 is 5.32 Å². The Morgan fingerprint density at radius 3 is 2.69 bits per heavy atom. The van der Waals surface area contributed by atoms with Gasteiger partial charge in [-0.2, -0.15) is 0 Å². The predicted molar refractivity (Wildman–Crippen MR) is 111 cm³/mol. The molecule has 4 rings (SSSR count). The van der Waals surface area contributed by atoms with E-state index >= 15 is 0 Å². The molecular formula is C19H16ClN5O3S. The van der Waals surface area contributed by atoms with Gasteiger partial charge >= 0.3 is 0 Å². The van der Waals surface area contributed by atoms with Crippen LogP contribution in [-0.4, -0.2) is 31.3 Å². The van der Waals surface area contributed by atoms with Gasteiger partial charge in [-0.3, -0.25) is 19.5 Å². The van der Waals surface area contributed by atoms with Gasteiger partial charge in [0, 0.05) is 23.7 Å². The number of aromatic nitrogens is 3. The van der Waals surface area contributed by atoms with Crippen LogP contribution in [0.4, 0.5) is 11.4 Å². The van der Waals surface area contributed by atoms with Crippen LogP contribution in [0.15, 0.2) is 53.7 Å². The van der Waals surface area contributed by atoms with Crippen LogP contribution >= 0.6 is 23.4 Å². The molecule has 1 amide bonds. The van der Waals surface area contributed by atoms with E-state index in [9.17, 15) is 14.9 Å². The Morgan fingerprint density at radius 2 is 2.00 bits per heavy atom. The number of hydrogen-bond acceptors (Lipinski definition) is 6. The third-order valence-electron chi connectivity index (χ3n) is 4.38. The van der Waals surface area contributed by atoms with E-state index in [1.165, 1.54) is 30.0 Å². The number of nitro groups is 1. The molecule has 2 aromatic carbocycles. The third-order valence-corrected chi connectivity index (χ3v) is 5.64. The molecule has 0 unspecified atom stereocenters. The number of halogens is 1. The van der Waals surface area contributed by atoms with Crippen LogP contribution in [0, 0.1) is 10.1 Å². The van der Waals surface area contributed by atoms with Gasteiger partial charge in [0.2, 0.25) is 5.91 Å². The summed E-state index contributed by atoms with van der Waals surface area (Å²) in [5.74, 6) is 1.03. The van der Waals surface area contributed by atoms with Gasteiger partial charge in [-0.05, 0) is 31.0 Å². The molecule has 0 bridgehead atoms. The summed E-state index contributed by atoms with van der Waals surface area (Å²) in [5, 5.41) is 23.0. The van der Waals surface area contributed by atoms with Crippen molar-refractivity contribution in [2.75, 3.05) is 11.1 Å². The molecule has 148 valence electrons. The van der Waals surface area contributed by atoms with Crippen LogP contribution in [0.25, 0.3) is 5.69 Å².